The molecule has 1 aromatic carbocycles. The largest absolute Gasteiger partial charge is 0.489 e. The fourth-order valence-corrected chi connectivity index (χ4v) is 1.51. The first-order chi connectivity index (χ1) is 9.47. The molecule has 0 spiro atoms. The summed E-state index contributed by atoms with van der Waals surface area (Å²) in [5.74, 6) is 0.0624. The van der Waals surface area contributed by atoms with E-state index in [1.54, 1.807) is 26.0 Å². The van der Waals surface area contributed by atoms with Crippen molar-refractivity contribution in [1.29, 1.82) is 0 Å². The number of ether oxygens (including phenoxy) is 1. The SMILES string of the molecule is CC(O)CCNC(=O)NCC(C)Oc1cccc(F)c1. The summed E-state index contributed by atoms with van der Waals surface area (Å²) < 4.78 is 18.4. The minimum absolute atomic E-state index is 0.278. The van der Waals surface area contributed by atoms with Crippen LogP contribution in [0, 0.1) is 5.82 Å². The van der Waals surface area contributed by atoms with Gasteiger partial charge in [-0.3, -0.25) is 0 Å². The summed E-state index contributed by atoms with van der Waals surface area (Å²) in [5, 5.41) is 14.3. The van der Waals surface area contributed by atoms with Crippen molar-refractivity contribution in [3.8, 4) is 5.75 Å². The molecule has 2 atom stereocenters. The van der Waals surface area contributed by atoms with Gasteiger partial charge in [-0.25, -0.2) is 9.18 Å². The monoisotopic (exact) mass is 284 g/mol. The van der Waals surface area contributed by atoms with Crippen LogP contribution in [0.3, 0.4) is 0 Å². The Hall–Kier alpha value is -1.82. The molecule has 0 heterocycles. The molecule has 0 aliphatic carbocycles. The molecule has 0 radical (unpaired) electrons. The number of urea groups is 1. The van der Waals surface area contributed by atoms with E-state index in [1.165, 1.54) is 12.1 Å². The van der Waals surface area contributed by atoms with E-state index >= 15 is 0 Å². The summed E-state index contributed by atoms with van der Waals surface area (Å²) in [6, 6.07) is 5.53. The van der Waals surface area contributed by atoms with Gasteiger partial charge in [-0.1, -0.05) is 6.07 Å². The zero-order chi connectivity index (χ0) is 15.0. The molecule has 1 rings (SSSR count). The first kappa shape index (κ1) is 16.2. The van der Waals surface area contributed by atoms with Crippen molar-refractivity contribution in [2.45, 2.75) is 32.5 Å². The predicted molar refractivity (Wildman–Crippen MR) is 74.2 cm³/mol. The molecule has 0 fully saturated rings. The Morgan fingerprint density at radius 3 is 2.80 bits per heavy atom. The molecule has 2 amide bonds. The van der Waals surface area contributed by atoms with Crippen LogP contribution in [0.4, 0.5) is 9.18 Å². The number of carbonyl (C=O) groups excluding carboxylic acids is 1. The molecule has 112 valence electrons. The second-order valence-corrected chi connectivity index (χ2v) is 4.66. The van der Waals surface area contributed by atoms with E-state index in [-0.39, 0.29) is 18.0 Å². The maximum atomic E-state index is 13.0. The highest BCUT2D eigenvalue weighted by Crippen LogP contribution is 2.13. The van der Waals surface area contributed by atoms with E-state index < -0.39 is 6.10 Å². The molecule has 0 saturated heterocycles. The number of carbonyl (C=O) groups is 1. The molecule has 0 aliphatic rings. The summed E-state index contributed by atoms with van der Waals surface area (Å²) in [4.78, 5) is 11.4. The quantitative estimate of drug-likeness (QED) is 0.713. The minimum Gasteiger partial charge on any atom is -0.489 e. The van der Waals surface area contributed by atoms with Crippen LogP contribution in [0.5, 0.6) is 5.75 Å². The van der Waals surface area contributed by atoms with Gasteiger partial charge < -0.3 is 20.5 Å². The third-order valence-corrected chi connectivity index (χ3v) is 2.53. The van der Waals surface area contributed by atoms with Gasteiger partial charge >= 0.3 is 6.03 Å². The van der Waals surface area contributed by atoms with Gasteiger partial charge in [-0.05, 0) is 32.4 Å². The van der Waals surface area contributed by atoms with Crippen LogP contribution in [-0.4, -0.2) is 36.4 Å². The Labute approximate surface area is 118 Å². The Kier molecular flexibility index (Phi) is 6.79. The fourth-order valence-electron chi connectivity index (χ4n) is 1.51. The fraction of sp³-hybridized carbons (Fsp3) is 0.500. The van der Waals surface area contributed by atoms with Crippen molar-refractivity contribution in [2.75, 3.05) is 13.1 Å². The number of hydrogen-bond acceptors (Lipinski definition) is 3. The third kappa shape index (κ3) is 6.94. The Bertz CT molecular complexity index is 427. The molecule has 6 heteroatoms. The first-order valence-electron chi connectivity index (χ1n) is 6.59. The molecule has 5 nitrogen and oxygen atoms in total. The van der Waals surface area contributed by atoms with Crippen LogP contribution in [0.2, 0.25) is 0 Å². The number of benzene rings is 1. The maximum absolute atomic E-state index is 13.0. The van der Waals surface area contributed by atoms with E-state index in [9.17, 15) is 9.18 Å². The predicted octanol–water partition coefficient (Wildman–Crippen LogP) is 1.66. The van der Waals surface area contributed by atoms with Gasteiger partial charge in [0, 0.05) is 12.6 Å². The van der Waals surface area contributed by atoms with E-state index in [1.807, 2.05) is 0 Å². The Balaban J connectivity index is 2.22. The van der Waals surface area contributed by atoms with Crippen molar-refractivity contribution in [2.24, 2.45) is 0 Å². The molecule has 3 N–H and O–H groups in total. The number of halogens is 1. The van der Waals surface area contributed by atoms with Crippen LogP contribution in [-0.2, 0) is 0 Å². The van der Waals surface area contributed by atoms with E-state index in [0.29, 0.717) is 25.3 Å². The summed E-state index contributed by atoms with van der Waals surface area (Å²) in [6.45, 7) is 4.15. The second-order valence-electron chi connectivity index (χ2n) is 4.66. The third-order valence-electron chi connectivity index (χ3n) is 2.53. The van der Waals surface area contributed by atoms with Gasteiger partial charge in [-0.15, -0.1) is 0 Å². The van der Waals surface area contributed by atoms with Crippen molar-refractivity contribution in [3.63, 3.8) is 0 Å². The van der Waals surface area contributed by atoms with E-state index in [2.05, 4.69) is 10.6 Å². The zero-order valence-corrected chi connectivity index (χ0v) is 11.7. The second kappa shape index (κ2) is 8.37. The Morgan fingerprint density at radius 2 is 2.15 bits per heavy atom. The molecule has 0 saturated carbocycles. The lowest BCUT2D eigenvalue weighted by atomic mass is 10.3. The van der Waals surface area contributed by atoms with Gasteiger partial charge in [0.25, 0.3) is 0 Å². The molecular formula is C14H21FN2O3. The lowest BCUT2D eigenvalue weighted by Gasteiger charge is -2.16. The van der Waals surface area contributed by atoms with Gasteiger partial charge in [0.1, 0.15) is 17.7 Å². The van der Waals surface area contributed by atoms with Crippen LogP contribution < -0.4 is 15.4 Å². The van der Waals surface area contributed by atoms with Gasteiger partial charge in [0.05, 0.1) is 12.6 Å². The molecule has 0 bridgehead atoms. The number of nitrogens with one attached hydrogen (secondary N) is 2. The number of rotatable bonds is 7. The zero-order valence-electron chi connectivity index (χ0n) is 11.7. The van der Waals surface area contributed by atoms with Crippen molar-refractivity contribution < 1.29 is 19.0 Å². The van der Waals surface area contributed by atoms with E-state index in [4.69, 9.17) is 9.84 Å². The summed E-state index contributed by atoms with van der Waals surface area (Å²) in [5.41, 5.74) is 0. The topological polar surface area (TPSA) is 70.6 Å². The number of hydrogen-bond donors (Lipinski definition) is 3. The Morgan fingerprint density at radius 1 is 1.40 bits per heavy atom. The van der Waals surface area contributed by atoms with Crippen molar-refractivity contribution >= 4 is 6.03 Å². The average molecular weight is 284 g/mol. The molecular weight excluding hydrogens is 263 g/mol. The average Bonchev–Trinajstić information content (AvgIpc) is 2.36. The van der Waals surface area contributed by atoms with Crippen LogP contribution in [0.25, 0.3) is 0 Å². The number of aliphatic hydroxyl groups is 1. The van der Waals surface area contributed by atoms with Gasteiger partial charge in [0.2, 0.25) is 0 Å². The summed E-state index contributed by atoms with van der Waals surface area (Å²) in [7, 11) is 0. The van der Waals surface area contributed by atoms with Gasteiger partial charge in [0.15, 0.2) is 0 Å². The standard InChI is InChI=1S/C14H21FN2O3/c1-10(18)6-7-16-14(19)17-9-11(2)20-13-5-3-4-12(15)8-13/h3-5,8,10-11,18H,6-7,9H2,1-2H3,(H2,16,17,19). The number of amides is 2. The minimum atomic E-state index is -0.439. The van der Waals surface area contributed by atoms with E-state index in [0.717, 1.165) is 0 Å². The normalized spacial score (nSPS) is 13.4. The maximum Gasteiger partial charge on any atom is 0.314 e. The lowest BCUT2D eigenvalue weighted by Crippen LogP contribution is -2.41. The first-order valence-corrected chi connectivity index (χ1v) is 6.59. The summed E-state index contributed by atoms with van der Waals surface area (Å²) >= 11 is 0. The lowest BCUT2D eigenvalue weighted by molar-refractivity contribution is 0.182. The van der Waals surface area contributed by atoms with Crippen LogP contribution in [0.1, 0.15) is 20.3 Å². The molecule has 2 unspecified atom stereocenters. The van der Waals surface area contributed by atoms with Crippen LogP contribution in [0.15, 0.2) is 24.3 Å². The highest BCUT2D eigenvalue weighted by molar-refractivity contribution is 5.73. The highest BCUT2D eigenvalue weighted by atomic mass is 19.1. The van der Waals surface area contributed by atoms with Crippen LogP contribution >= 0.6 is 0 Å². The van der Waals surface area contributed by atoms with Gasteiger partial charge in [-0.2, -0.15) is 0 Å². The molecule has 0 aromatic heterocycles. The van der Waals surface area contributed by atoms with Crippen molar-refractivity contribution in [3.05, 3.63) is 30.1 Å². The molecule has 0 aliphatic heterocycles. The molecule has 20 heavy (non-hydrogen) atoms. The smallest absolute Gasteiger partial charge is 0.314 e. The summed E-state index contributed by atoms with van der Waals surface area (Å²) in [6.07, 6.45) is -0.215. The van der Waals surface area contributed by atoms with Crippen molar-refractivity contribution in [1.82, 2.24) is 10.6 Å². The number of aliphatic hydroxyl groups excluding tert-OH is 1. The highest BCUT2D eigenvalue weighted by Gasteiger charge is 2.07. The molecule has 1 aromatic rings.